The predicted octanol–water partition coefficient (Wildman–Crippen LogP) is 0.403. The van der Waals surface area contributed by atoms with E-state index in [1.54, 1.807) is 19.1 Å². The largest absolute Gasteiger partial charge is 0.351 e. The Morgan fingerprint density at radius 3 is 1.76 bits per heavy atom. The highest BCUT2D eigenvalue weighted by molar-refractivity contribution is 7.98. The Hall–Kier alpha value is -1.00. The fourth-order valence-corrected chi connectivity index (χ4v) is 2.70. The molecular formula is C8H11NO6S2. The van der Waals surface area contributed by atoms with E-state index >= 15 is 0 Å². The Morgan fingerprint density at radius 2 is 1.41 bits per heavy atom. The Labute approximate surface area is 99.4 Å². The summed E-state index contributed by atoms with van der Waals surface area (Å²) in [5.41, 5.74) is 1.21. The minimum absolute atomic E-state index is 0.311. The normalized spacial score (nSPS) is 12.9. The fraction of sp³-hybridized carbons (Fsp3) is 0.250. The van der Waals surface area contributed by atoms with Crippen LogP contribution in [-0.4, -0.2) is 29.7 Å². The Morgan fingerprint density at radius 1 is 1.00 bits per heavy atom. The summed E-state index contributed by atoms with van der Waals surface area (Å²) in [6, 6.07) is 6.25. The van der Waals surface area contributed by atoms with Gasteiger partial charge in [-0.1, -0.05) is 29.8 Å². The molecule has 0 spiro atoms. The van der Waals surface area contributed by atoms with E-state index in [4.69, 9.17) is 9.11 Å². The molecule has 0 saturated heterocycles. The lowest BCUT2D eigenvalue weighted by Gasteiger charge is -2.14. The van der Waals surface area contributed by atoms with Crippen molar-refractivity contribution in [3.8, 4) is 0 Å². The molecule has 1 aromatic rings. The van der Waals surface area contributed by atoms with Crippen molar-refractivity contribution in [3.05, 3.63) is 35.4 Å². The van der Waals surface area contributed by atoms with Crippen LogP contribution in [0.4, 0.5) is 0 Å². The number of hydrogen-bond donors (Lipinski definition) is 2. The first-order chi connectivity index (χ1) is 7.60. The van der Waals surface area contributed by atoms with Crippen LogP contribution in [0, 0.1) is 6.92 Å². The van der Waals surface area contributed by atoms with Gasteiger partial charge in [0.25, 0.3) is 0 Å². The van der Waals surface area contributed by atoms with Gasteiger partial charge in [0.1, 0.15) is 0 Å². The van der Waals surface area contributed by atoms with Gasteiger partial charge in [-0.05, 0) is 16.2 Å². The lowest BCUT2D eigenvalue weighted by molar-refractivity contribution is 0.380. The first-order valence-corrected chi connectivity index (χ1v) is 7.18. The summed E-state index contributed by atoms with van der Waals surface area (Å²) in [6.45, 7) is 1.13. The molecule has 2 N–H and O–H groups in total. The van der Waals surface area contributed by atoms with Crippen LogP contribution in [0.1, 0.15) is 11.1 Å². The minimum Gasteiger partial charge on any atom is -0.273 e. The third-order valence-electron chi connectivity index (χ3n) is 1.95. The maximum absolute atomic E-state index is 10.8. The lowest BCUT2D eigenvalue weighted by atomic mass is 10.2. The molecule has 0 aliphatic rings. The van der Waals surface area contributed by atoms with Crippen molar-refractivity contribution in [2.45, 2.75) is 13.5 Å². The summed E-state index contributed by atoms with van der Waals surface area (Å²) in [6.07, 6.45) is 0. The topological polar surface area (TPSA) is 112 Å². The number of benzene rings is 1. The van der Waals surface area contributed by atoms with Crippen molar-refractivity contribution in [2.24, 2.45) is 0 Å². The van der Waals surface area contributed by atoms with Gasteiger partial charge in [0.2, 0.25) is 0 Å². The van der Waals surface area contributed by atoms with Crippen molar-refractivity contribution >= 4 is 20.6 Å². The molecule has 9 heteroatoms. The first-order valence-electron chi connectivity index (χ1n) is 4.39. The Balaban J connectivity index is 3.09. The van der Waals surface area contributed by atoms with E-state index < -0.39 is 30.9 Å². The molecule has 0 saturated carbocycles. The third-order valence-corrected chi connectivity index (χ3v) is 4.36. The van der Waals surface area contributed by atoms with Gasteiger partial charge in [-0.2, -0.15) is 16.8 Å². The van der Waals surface area contributed by atoms with Crippen LogP contribution >= 0.6 is 0 Å². The molecule has 1 aromatic carbocycles. The Bertz CT molecular complexity index is 557. The molecule has 0 atom stereocenters. The zero-order valence-electron chi connectivity index (χ0n) is 8.81. The van der Waals surface area contributed by atoms with E-state index in [0.717, 1.165) is 5.56 Å². The maximum Gasteiger partial charge on any atom is 0.351 e. The van der Waals surface area contributed by atoms with Gasteiger partial charge in [0.15, 0.2) is 0 Å². The molecule has 0 aliphatic carbocycles. The van der Waals surface area contributed by atoms with Crippen LogP contribution in [0.5, 0.6) is 0 Å². The van der Waals surface area contributed by atoms with Gasteiger partial charge in [-0.25, -0.2) is 0 Å². The molecule has 0 unspecified atom stereocenters. The lowest BCUT2D eigenvalue weighted by Crippen LogP contribution is -2.35. The molecule has 96 valence electrons. The number of hydrogen-bond acceptors (Lipinski definition) is 4. The highest BCUT2D eigenvalue weighted by atomic mass is 32.3. The summed E-state index contributed by atoms with van der Waals surface area (Å²) >= 11 is 0. The fourth-order valence-electron chi connectivity index (χ4n) is 1.12. The molecule has 0 aliphatic heterocycles. The Kier molecular flexibility index (Phi) is 3.89. The molecule has 0 heterocycles. The summed E-state index contributed by atoms with van der Waals surface area (Å²) in [4.78, 5) is 0. The standard InChI is InChI=1S/C8H11NO6S2/c1-7-2-4-8(5-3-7)6-9(16(10,11)12)17(13,14)15/h2-5H,6H2,1H3,(H,10,11,12)(H,13,14,15). The van der Waals surface area contributed by atoms with Crippen molar-refractivity contribution in [1.82, 2.24) is 3.71 Å². The monoisotopic (exact) mass is 281 g/mol. The highest BCUT2D eigenvalue weighted by Crippen LogP contribution is 2.12. The predicted molar refractivity (Wildman–Crippen MR) is 59.8 cm³/mol. The van der Waals surface area contributed by atoms with Crippen molar-refractivity contribution < 1.29 is 25.9 Å². The number of aryl methyl sites for hydroxylation is 1. The van der Waals surface area contributed by atoms with Crippen molar-refractivity contribution in [2.75, 3.05) is 0 Å². The minimum atomic E-state index is -5.04. The van der Waals surface area contributed by atoms with Gasteiger partial charge in [0.05, 0.1) is 6.54 Å². The zero-order valence-corrected chi connectivity index (χ0v) is 10.4. The van der Waals surface area contributed by atoms with E-state index in [1.807, 2.05) is 0 Å². The van der Waals surface area contributed by atoms with Crippen LogP contribution in [0.2, 0.25) is 0 Å². The molecule has 7 nitrogen and oxygen atoms in total. The summed E-state index contributed by atoms with van der Waals surface area (Å²) < 4.78 is 60.1. The number of nitrogens with zero attached hydrogens (tertiary/aromatic N) is 1. The quantitative estimate of drug-likeness (QED) is 0.773. The summed E-state index contributed by atoms with van der Waals surface area (Å²) in [7, 11) is -10.1. The molecule has 17 heavy (non-hydrogen) atoms. The summed E-state index contributed by atoms with van der Waals surface area (Å²) in [5, 5.41) is 0. The molecule has 0 radical (unpaired) electrons. The van der Waals surface area contributed by atoms with Crippen LogP contribution in [0.15, 0.2) is 24.3 Å². The molecule has 0 aromatic heterocycles. The van der Waals surface area contributed by atoms with Crippen LogP contribution < -0.4 is 0 Å². The average molecular weight is 281 g/mol. The van der Waals surface area contributed by atoms with E-state index in [9.17, 15) is 16.8 Å². The third kappa shape index (κ3) is 4.06. The zero-order chi connectivity index (χ0) is 13.3. The molecule has 0 bridgehead atoms. The second kappa shape index (κ2) is 4.70. The van der Waals surface area contributed by atoms with E-state index in [-0.39, 0.29) is 0 Å². The van der Waals surface area contributed by atoms with Gasteiger partial charge in [-0.3, -0.25) is 9.11 Å². The molecule has 0 amide bonds. The molecular weight excluding hydrogens is 270 g/mol. The number of rotatable bonds is 4. The van der Waals surface area contributed by atoms with Gasteiger partial charge in [0, 0.05) is 0 Å². The second-order valence-corrected chi connectivity index (χ2v) is 6.28. The van der Waals surface area contributed by atoms with E-state index in [1.165, 1.54) is 12.1 Å². The van der Waals surface area contributed by atoms with Gasteiger partial charge in [-0.15, -0.1) is 0 Å². The highest BCUT2D eigenvalue weighted by Gasteiger charge is 2.31. The molecule has 1 rings (SSSR count). The molecule has 0 fully saturated rings. The SMILES string of the molecule is Cc1ccc(CN(S(=O)(=O)O)S(=O)(=O)O)cc1. The average Bonchev–Trinajstić information content (AvgIpc) is 2.13. The smallest absolute Gasteiger partial charge is 0.273 e. The van der Waals surface area contributed by atoms with E-state index in [2.05, 4.69) is 0 Å². The van der Waals surface area contributed by atoms with Crippen molar-refractivity contribution in [3.63, 3.8) is 0 Å². The van der Waals surface area contributed by atoms with Crippen LogP contribution in [-0.2, 0) is 27.2 Å². The second-order valence-electron chi connectivity index (χ2n) is 3.37. The van der Waals surface area contributed by atoms with Crippen LogP contribution in [0.3, 0.4) is 0 Å². The summed E-state index contributed by atoms with van der Waals surface area (Å²) in [5.74, 6) is 0. The van der Waals surface area contributed by atoms with E-state index in [0.29, 0.717) is 5.56 Å². The first kappa shape index (κ1) is 14.1. The van der Waals surface area contributed by atoms with Crippen LogP contribution in [0.25, 0.3) is 0 Å². The van der Waals surface area contributed by atoms with Gasteiger partial charge >= 0.3 is 20.6 Å². The van der Waals surface area contributed by atoms with Gasteiger partial charge < -0.3 is 0 Å². The van der Waals surface area contributed by atoms with Crippen molar-refractivity contribution in [1.29, 1.82) is 0 Å². The maximum atomic E-state index is 10.8.